The van der Waals surface area contributed by atoms with Crippen molar-refractivity contribution in [3.63, 3.8) is 0 Å². The van der Waals surface area contributed by atoms with Gasteiger partial charge in [0.25, 0.3) is 0 Å². The summed E-state index contributed by atoms with van der Waals surface area (Å²) in [6, 6.07) is 20.2. The maximum absolute atomic E-state index is 13.6. The molecule has 4 rings (SSSR count). The van der Waals surface area contributed by atoms with Crippen LogP contribution in [0.2, 0.25) is 0 Å². The fourth-order valence-corrected chi connectivity index (χ4v) is 4.28. The maximum Gasteiger partial charge on any atom is 0.416 e. The van der Waals surface area contributed by atoms with Crippen molar-refractivity contribution in [2.75, 3.05) is 13.2 Å². The van der Waals surface area contributed by atoms with Crippen LogP contribution >= 0.6 is 0 Å². The Kier molecular flexibility index (Phi) is 6.52. The molecule has 2 N–H and O–H groups in total. The number of fused-ring (bicyclic) bond motifs is 1. The highest BCUT2D eigenvalue weighted by Crippen LogP contribution is 2.40. The van der Waals surface area contributed by atoms with Crippen LogP contribution in [0.3, 0.4) is 0 Å². The second kappa shape index (κ2) is 9.36. The Hall–Kier alpha value is -3.18. The van der Waals surface area contributed by atoms with Gasteiger partial charge in [-0.25, -0.2) is 0 Å². The van der Waals surface area contributed by atoms with Gasteiger partial charge >= 0.3 is 6.18 Å². The summed E-state index contributed by atoms with van der Waals surface area (Å²) >= 11 is 0. The minimum absolute atomic E-state index is 0.0382. The van der Waals surface area contributed by atoms with Crippen LogP contribution in [0.15, 0.2) is 66.7 Å². The van der Waals surface area contributed by atoms with Crippen LogP contribution in [0.1, 0.15) is 34.2 Å². The first-order valence-corrected chi connectivity index (χ1v) is 10.6. The summed E-state index contributed by atoms with van der Waals surface area (Å²) in [6.45, 7) is 0.958. The highest BCUT2D eigenvalue weighted by molar-refractivity contribution is 5.71. The molecule has 1 aliphatic heterocycles. The van der Waals surface area contributed by atoms with Crippen LogP contribution in [0.25, 0.3) is 11.1 Å². The van der Waals surface area contributed by atoms with Crippen LogP contribution in [0.5, 0.6) is 0 Å². The summed E-state index contributed by atoms with van der Waals surface area (Å²) in [5.41, 5.74) is 7.82. The van der Waals surface area contributed by atoms with E-state index in [-0.39, 0.29) is 13.2 Å². The molecule has 0 spiro atoms. The summed E-state index contributed by atoms with van der Waals surface area (Å²) in [5, 5.41) is 9.38. The SMILES string of the molecule is N#Cc1ccccc1-c1cc(COCC2(CCN)OCc3ccccc32)cc(C(F)(F)F)c1. The third-order valence-corrected chi connectivity index (χ3v) is 5.84. The fourth-order valence-electron chi connectivity index (χ4n) is 4.28. The molecule has 3 aromatic carbocycles. The fraction of sp³-hybridized carbons (Fsp3) is 0.269. The Labute approximate surface area is 190 Å². The molecule has 1 atom stereocenters. The smallest absolute Gasteiger partial charge is 0.373 e. The van der Waals surface area contributed by atoms with E-state index in [0.29, 0.717) is 41.8 Å². The van der Waals surface area contributed by atoms with E-state index >= 15 is 0 Å². The molecule has 0 fully saturated rings. The zero-order valence-corrected chi connectivity index (χ0v) is 17.9. The number of hydrogen-bond acceptors (Lipinski definition) is 4. The molecule has 1 aliphatic rings. The minimum Gasteiger partial charge on any atom is -0.373 e. The van der Waals surface area contributed by atoms with Crippen LogP contribution in [0.4, 0.5) is 13.2 Å². The molecule has 1 unspecified atom stereocenters. The lowest BCUT2D eigenvalue weighted by Crippen LogP contribution is -2.34. The quantitative estimate of drug-likeness (QED) is 0.511. The lowest BCUT2D eigenvalue weighted by Gasteiger charge is -2.29. The van der Waals surface area contributed by atoms with Gasteiger partial charge in [0.2, 0.25) is 0 Å². The maximum atomic E-state index is 13.6. The van der Waals surface area contributed by atoms with Crippen molar-refractivity contribution < 1.29 is 22.6 Å². The molecule has 33 heavy (non-hydrogen) atoms. The lowest BCUT2D eigenvalue weighted by molar-refractivity contribution is -0.137. The number of nitriles is 1. The normalized spacial score (nSPS) is 17.5. The number of benzene rings is 3. The Bertz CT molecular complexity index is 1180. The molecule has 4 nitrogen and oxygen atoms in total. The van der Waals surface area contributed by atoms with Crippen molar-refractivity contribution in [3.8, 4) is 17.2 Å². The lowest BCUT2D eigenvalue weighted by atomic mass is 9.90. The van der Waals surface area contributed by atoms with E-state index in [1.165, 1.54) is 0 Å². The number of alkyl halides is 3. The molecule has 1 heterocycles. The molecule has 0 saturated carbocycles. The predicted molar refractivity (Wildman–Crippen MR) is 118 cm³/mol. The monoisotopic (exact) mass is 452 g/mol. The number of hydrogen-bond donors (Lipinski definition) is 1. The van der Waals surface area contributed by atoms with Crippen molar-refractivity contribution in [2.45, 2.75) is 31.4 Å². The standard InChI is InChI=1S/C26H23F3N2O2/c27-26(28,29)22-12-18(11-21(13-22)23-7-3-1-5-19(23)14-31)15-32-17-25(9-10-30)24-8-4-2-6-20(24)16-33-25/h1-8,11-13H,9-10,15-17,30H2. The predicted octanol–water partition coefficient (Wildman–Crippen LogP) is 5.54. The van der Waals surface area contributed by atoms with E-state index in [1.54, 1.807) is 30.3 Å². The molecular weight excluding hydrogens is 429 g/mol. The Morgan fingerprint density at radius 1 is 1.06 bits per heavy atom. The first kappa shape index (κ1) is 23.0. The van der Waals surface area contributed by atoms with E-state index in [4.69, 9.17) is 15.2 Å². The van der Waals surface area contributed by atoms with Gasteiger partial charge in [0.05, 0.1) is 37.0 Å². The first-order valence-electron chi connectivity index (χ1n) is 10.6. The topological polar surface area (TPSA) is 68.3 Å². The van der Waals surface area contributed by atoms with Crippen molar-refractivity contribution >= 4 is 0 Å². The van der Waals surface area contributed by atoms with E-state index < -0.39 is 17.3 Å². The molecule has 3 aromatic rings. The molecular formula is C26H23F3N2O2. The molecule has 170 valence electrons. The van der Waals surface area contributed by atoms with Gasteiger partial charge in [-0.15, -0.1) is 0 Å². The number of ether oxygens (including phenoxy) is 2. The van der Waals surface area contributed by atoms with Crippen LogP contribution in [0, 0.1) is 11.3 Å². The Balaban J connectivity index is 1.61. The molecule has 0 saturated heterocycles. The van der Waals surface area contributed by atoms with Crippen LogP contribution in [-0.2, 0) is 34.5 Å². The molecule has 0 aliphatic carbocycles. The number of rotatable bonds is 7. The third-order valence-electron chi connectivity index (χ3n) is 5.84. The number of halogens is 3. The highest BCUT2D eigenvalue weighted by atomic mass is 19.4. The summed E-state index contributed by atoms with van der Waals surface area (Å²) in [6.07, 6.45) is -3.99. The third kappa shape index (κ3) is 4.79. The van der Waals surface area contributed by atoms with Gasteiger partial charge in [-0.1, -0.05) is 42.5 Å². The summed E-state index contributed by atoms with van der Waals surface area (Å²) in [5.74, 6) is 0. The molecule has 0 amide bonds. The summed E-state index contributed by atoms with van der Waals surface area (Å²) in [4.78, 5) is 0. The van der Waals surface area contributed by atoms with Gasteiger partial charge in [0.1, 0.15) is 5.60 Å². The van der Waals surface area contributed by atoms with Crippen molar-refractivity contribution in [3.05, 3.63) is 94.5 Å². The molecule has 0 radical (unpaired) electrons. The largest absolute Gasteiger partial charge is 0.416 e. The van der Waals surface area contributed by atoms with Gasteiger partial charge in [-0.2, -0.15) is 18.4 Å². The average molecular weight is 452 g/mol. The van der Waals surface area contributed by atoms with Crippen molar-refractivity contribution in [2.24, 2.45) is 5.73 Å². The van der Waals surface area contributed by atoms with E-state index in [9.17, 15) is 18.4 Å². The second-order valence-corrected chi connectivity index (χ2v) is 8.05. The highest BCUT2D eigenvalue weighted by Gasteiger charge is 2.39. The minimum atomic E-state index is -4.53. The van der Waals surface area contributed by atoms with E-state index in [1.807, 2.05) is 30.3 Å². The first-order chi connectivity index (χ1) is 15.9. The van der Waals surface area contributed by atoms with Crippen molar-refractivity contribution in [1.29, 1.82) is 5.26 Å². The zero-order chi connectivity index (χ0) is 23.5. The van der Waals surface area contributed by atoms with Crippen LogP contribution in [-0.4, -0.2) is 13.2 Å². The van der Waals surface area contributed by atoms with Gasteiger partial charge < -0.3 is 15.2 Å². The van der Waals surface area contributed by atoms with Gasteiger partial charge in [0.15, 0.2) is 0 Å². The number of nitrogens with zero attached hydrogens (tertiary/aromatic N) is 1. The Morgan fingerprint density at radius 2 is 1.82 bits per heavy atom. The van der Waals surface area contributed by atoms with Gasteiger partial charge in [-0.05, 0) is 65.0 Å². The Morgan fingerprint density at radius 3 is 2.58 bits per heavy atom. The van der Waals surface area contributed by atoms with E-state index in [0.717, 1.165) is 23.3 Å². The molecule has 0 bridgehead atoms. The number of nitrogens with two attached hydrogens (primary N) is 1. The summed E-state index contributed by atoms with van der Waals surface area (Å²) < 4.78 is 52.8. The zero-order valence-electron chi connectivity index (χ0n) is 17.9. The molecule has 0 aromatic heterocycles. The van der Waals surface area contributed by atoms with Crippen LogP contribution < -0.4 is 5.73 Å². The average Bonchev–Trinajstić information content (AvgIpc) is 3.17. The van der Waals surface area contributed by atoms with E-state index in [2.05, 4.69) is 0 Å². The van der Waals surface area contributed by atoms with Crippen molar-refractivity contribution in [1.82, 2.24) is 0 Å². The summed E-state index contributed by atoms with van der Waals surface area (Å²) in [7, 11) is 0. The van der Waals surface area contributed by atoms with Gasteiger partial charge in [0, 0.05) is 0 Å². The van der Waals surface area contributed by atoms with Gasteiger partial charge in [-0.3, -0.25) is 0 Å². The second-order valence-electron chi connectivity index (χ2n) is 8.05. The molecule has 7 heteroatoms.